The Balaban J connectivity index is 2.02. The first-order valence-corrected chi connectivity index (χ1v) is 8.96. The topological polar surface area (TPSA) is 43.4 Å². The highest BCUT2D eigenvalue weighted by molar-refractivity contribution is 7.95. The molecule has 1 heterocycles. The fourth-order valence-electron chi connectivity index (χ4n) is 2.85. The maximum Gasteiger partial charge on any atom is 0.416 e. The first kappa shape index (κ1) is 17.7. The highest BCUT2D eigenvalue weighted by atomic mass is 32.2. The zero-order chi connectivity index (χ0) is 18.3. The van der Waals surface area contributed by atoms with Gasteiger partial charge < -0.3 is 4.74 Å². The Morgan fingerprint density at radius 1 is 1.00 bits per heavy atom. The molecule has 1 aliphatic rings. The molecule has 0 amide bonds. The van der Waals surface area contributed by atoms with E-state index in [2.05, 4.69) is 0 Å². The molecule has 2 aromatic carbocycles. The van der Waals surface area contributed by atoms with Crippen LogP contribution in [0.1, 0.15) is 18.1 Å². The monoisotopic (exact) mass is 368 g/mol. The number of alkyl halides is 3. The second-order valence-electron chi connectivity index (χ2n) is 5.80. The molecular formula is C18H15F3O3S. The van der Waals surface area contributed by atoms with Crippen LogP contribution < -0.4 is 0 Å². The molecule has 0 fully saturated rings. The van der Waals surface area contributed by atoms with Crippen molar-refractivity contribution in [1.82, 2.24) is 0 Å². The number of halogens is 3. The Hall–Kier alpha value is -2.12. The fraction of sp³-hybridized carbons (Fsp3) is 0.222. The largest absolute Gasteiger partial charge is 0.416 e. The summed E-state index contributed by atoms with van der Waals surface area (Å²) in [6, 6.07) is 12.3. The first-order chi connectivity index (χ1) is 11.7. The molecule has 1 aliphatic heterocycles. The Labute approximate surface area is 143 Å². The molecule has 0 aliphatic carbocycles. The van der Waals surface area contributed by atoms with E-state index >= 15 is 0 Å². The minimum Gasteiger partial charge on any atom is -0.361 e. The zero-order valence-electron chi connectivity index (χ0n) is 13.2. The van der Waals surface area contributed by atoms with Crippen LogP contribution in [0.4, 0.5) is 13.2 Å². The number of rotatable bonds is 3. The molecular weight excluding hydrogens is 353 g/mol. The zero-order valence-corrected chi connectivity index (χ0v) is 14.1. The molecule has 3 nitrogen and oxygen atoms in total. The lowest BCUT2D eigenvalue weighted by atomic mass is 9.96. The van der Waals surface area contributed by atoms with Crippen LogP contribution >= 0.6 is 0 Å². The van der Waals surface area contributed by atoms with Crippen molar-refractivity contribution in [2.75, 3.05) is 6.61 Å². The molecule has 25 heavy (non-hydrogen) atoms. The van der Waals surface area contributed by atoms with Gasteiger partial charge in [-0.25, -0.2) is 8.42 Å². The highest BCUT2D eigenvalue weighted by Crippen LogP contribution is 2.42. The van der Waals surface area contributed by atoms with E-state index in [1.165, 1.54) is 6.08 Å². The summed E-state index contributed by atoms with van der Waals surface area (Å²) in [5.74, 6) is 0. The van der Waals surface area contributed by atoms with E-state index in [-0.39, 0.29) is 16.4 Å². The van der Waals surface area contributed by atoms with Crippen LogP contribution in [0.2, 0.25) is 0 Å². The third-order valence-electron chi connectivity index (χ3n) is 4.22. The van der Waals surface area contributed by atoms with Crippen LogP contribution in [0.5, 0.6) is 0 Å². The average molecular weight is 368 g/mol. The Morgan fingerprint density at radius 3 is 2.16 bits per heavy atom. The lowest BCUT2D eigenvalue weighted by molar-refractivity contribution is -0.137. The number of sulfone groups is 1. The van der Waals surface area contributed by atoms with Gasteiger partial charge in [-0.3, -0.25) is 0 Å². The summed E-state index contributed by atoms with van der Waals surface area (Å²) >= 11 is 0. The summed E-state index contributed by atoms with van der Waals surface area (Å²) < 4.78 is 69.6. The summed E-state index contributed by atoms with van der Waals surface area (Å²) in [4.78, 5) is -0.162. The predicted octanol–water partition coefficient (Wildman–Crippen LogP) is 4.31. The van der Waals surface area contributed by atoms with Crippen molar-refractivity contribution in [3.63, 3.8) is 0 Å². The van der Waals surface area contributed by atoms with Gasteiger partial charge in [0.2, 0.25) is 9.84 Å². The molecule has 3 rings (SSSR count). The SMILES string of the molecule is CC1(c2ccccc2)OCC=C1S(=O)(=O)c1ccc(C(F)(F)F)cc1. The van der Waals surface area contributed by atoms with Crippen molar-refractivity contribution >= 4 is 9.84 Å². The molecule has 0 N–H and O–H groups in total. The number of hydrogen-bond acceptors (Lipinski definition) is 3. The lowest BCUT2D eigenvalue weighted by Gasteiger charge is -2.27. The van der Waals surface area contributed by atoms with Gasteiger partial charge in [0.15, 0.2) is 0 Å². The van der Waals surface area contributed by atoms with Gasteiger partial charge in [0.25, 0.3) is 0 Å². The van der Waals surface area contributed by atoms with Gasteiger partial charge in [0.1, 0.15) is 5.60 Å². The van der Waals surface area contributed by atoms with Gasteiger partial charge in [-0.05, 0) is 42.8 Å². The van der Waals surface area contributed by atoms with Crippen molar-refractivity contribution in [2.24, 2.45) is 0 Å². The molecule has 0 radical (unpaired) electrons. The summed E-state index contributed by atoms with van der Waals surface area (Å²) in [5, 5.41) is 0. The molecule has 1 atom stereocenters. The third kappa shape index (κ3) is 3.09. The fourth-order valence-corrected chi connectivity index (χ4v) is 4.57. The van der Waals surface area contributed by atoms with Crippen molar-refractivity contribution in [3.05, 3.63) is 76.7 Å². The number of ether oxygens (including phenoxy) is 1. The quantitative estimate of drug-likeness (QED) is 0.811. The molecule has 1 unspecified atom stereocenters. The maximum absolute atomic E-state index is 13.0. The summed E-state index contributed by atoms with van der Waals surface area (Å²) in [7, 11) is -3.99. The summed E-state index contributed by atoms with van der Waals surface area (Å²) in [5.41, 5.74) is -1.41. The minimum absolute atomic E-state index is 0.0333. The van der Waals surface area contributed by atoms with E-state index in [4.69, 9.17) is 4.74 Å². The van der Waals surface area contributed by atoms with Gasteiger partial charge in [0.05, 0.1) is 22.0 Å². The normalized spacial score (nSPS) is 21.2. The van der Waals surface area contributed by atoms with Crippen molar-refractivity contribution in [3.8, 4) is 0 Å². The van der Waals surface area contributed by atoms with Crippen molar-refractivity contribution < 1.29 is 26.3 Å². The van der Waals surface area contributed by atoms with Gasteiger partial charge in [-0.2, -0.15) is 13.2 Å². The van der Waals surface area contributed by atoms with E-state index in [1.807, 2.05) is 0 Å². The Morgan fingerprint density at radius 2 is 1.60 bits per heavy atom. The smallest absolute Gasteiger partial charge is 0.361 e. The van der Waals surface area contributed by atoms with Crippen LogP contribution in [-0.4, -0.2) is 15.0 Å². The van der Waals surface area contributed by atoms with Crippen LogP contribution in [0, 0.1) is 0 Å². The van der Waals surface area contributed by atoms with Crippen LogP contribution in [0.15, 0.2) is 70.5 Å². The van der Waals surface area contributed by atoms with Gasteiger partial charge in [-0.1, -0.05) is 30.3 Å². The van der Waals surface area contributed by atoms with Gasteiger partial charge in [0, 0.05) is 0 Å². The van der Waals surface area contributed by atoms with E-state index in [0.717, 1.165) is 24.3 Å². The summed E-state index contributed by atoms with van der Waals surface area (Å²) in [6.45, 7) is 1.75. The molecule has 0 saturated heterocycles. The molecule has 0 aromatic heterocycles. The van der Waals surface area contributed by atoms with Crippen LogP contribution in [-0.2, 0) is 26.4 Å². The second kappa shape index (κ2) is 6.00. The molecule has 7 heteroatoms. The molecule has 0 spiro atoms. The molecule has 0 saturated carbocycles. The maximum atomic E-state index is 13.0. The number of benzene rings is 2. The van der Waals surface area contributed by atoms with E-state index in [1.54, 1.807) is 37.3 Å². The second-order valence-corrected chi connectivity index (χ2v) is 7.72. The van der Waals surface area contributed by atoms with Gasteiger partial charge >= 0.3 is 6.18 Å². The van der Waals surface area contributed by atoms with Gasteiger partial charge in [-0.15, -0.1) is 0 Å². The Bertz CT molecular complexity index is 901. The lowest BCUT2D eigenvalue weighted by Crippen LogP contribution is -2.28. The van der Waals surface area contributed by atoms with Crippen molar-refractivity contribution in [2.45, 2.75) is 23.6 Å². The van der Waals surface area contributed by atoms with Crippen LogP contribution in [0.3, 0.4) is 0 Å². The van der Waals surface area contributed by atoms with E-state index in [9.17, 15) is 21.6 Å². The molecule has 132 valence electrons. The summed E-state index contributed by atoms with van der Waals surface area (Å²) in [6.07, 6.45) is -3.06. The average Bonchev–Trinajstić information content (AvgIpc) is 2.99. The molecule has 2 aromatic rings. The predicted molar refractivity (Wildman–Crippen MR) is 86.5 cm³/mol. The van der Waals surface area contributed by atoms with E-state index in [0.29, 0.717) is 5.56 Å². The van der Waals surface area contributed by atoms with E-state index < -0.39 is 27.2 Å². The highest BCUT2D eigenvalue weighted by Gasteiger charge is 2.43. The molecule has 0 bridgehead atoms. The van der Waals surface area contributed by atoms with Crippen molar-refractivity contribution in [1.29, 1.82) is 0 Å². The Kier molecular flexibility index (Phi) is 4.25. The third-order valence-corrected chi connectivity index (χ3v) is 6.25. The standard InChI is InChI=1S/C18H15F3O3S/c1-17(13-5-3-2-4-6-13)16(11-12-24-17)25(22,23)15-9-7-14(8-10-15)18(19,20)21/h2-11H,12H2,1H3. The minimum atomic E-state index is -4.52. The number of hydrogen-bond donors (Lipinski definition) is 0. The first-order valence-electron chi connectivity index (χ1n) is 7.48. The van der Waals surface area contributed by atoms with Crippen LogP contribution in [0.25, 0.3) is 0 Å².